The van der Waals surface area contributed by atoms with Gasteiger partial charge in [-0.25, -0.2) is 22.8 Å². The van der Waals surface area contributed by atoms with Crippen LogP contribution in [0.2, 0.25) is 0 Å². The Morgan fingerprint density at radius 3 is 2.64 bits per heavy atom. The molecule has 36 heavy (non-hydrogen) atoms. The van der Waals surface area contributed by atoms with Crippen LogP contribution in [-0.2, 0) is 4.79 Å². The molecule has 2 atom stereocenters. The highest BCUT2D eigenvalue weighted by Crippen LogP contribution is 2.39. The molecule has 7 nitrogen and oxygen atoms in total. The normalized spacial score (nSPS) is 19.1. The number of benzene rings is 2. The van der Waals surface area contributed by atoms with E-state index in [0.29, 0.717) is 16.8 Å². The fourth-order valence-corrected chi connectivity index (χ4v) is 4.43. The Kier molecular flexibility index (Phi) is 5.58. The molecular formula is C26H20F3N5O2. The van der Waals surface area contributed by atoms with Crippen molar-refractivity contribution in [1.82, 2.24) is 19.7 Å². The predicted octanol–water partition coefficient (Wildman–Crippen LogP) is 5.21. The minimum atomic E-state index is -1.18. The van der Waals surface area contributed by atoms with Gasteiger partial charge in [-0.3, -0.25) is 9.78 Å². The van der Waals surface area contributed by atoms with Crippen molar-refractivity contribution < 1.29 is 23.1 Å². The van der Waals surface area contributed by atoms with E-state index in [9.17, 15) is 23.1 Å². The minimum absolute atomic E-state index is 0.0789. The van der Waals surface area contributed by atoms with E-state index in [1.807, 2.05) is 0 Å². The van der Waals surface area contributed by atoms with E-state index in [1.54, 1.807) is 38.1 Å². The lowest BCUT2D eigenvalue weighted by atomic mass is 9.82. The lowest BCUT2D eigenvalue weighted by molar-refractivity contribution is -0.141. The second-order valence-corrected chi connectivity index (χ2v) is 8.67. The van der Waals surface area contributed by atoms with Crippen LogP contribution >= 0.6 is 0 Å². The van der Waals surface area contributed by atoms with Crippen LogP contribution < -0.4 is 5.32 Å². The highest BCUT2D eigenvalue weighted by atomic mass is 19.1. The Balaban J connectivity index is 1.77. The van der Waals surface area contributed by atoms with Crippen molar-refractivity contribution in [2.75, 3.05) is 5.32 Å². The molecule has 0 saturated heterocycles. The van der Waals surface area contributed by atoms with Crippen LogP contribution in [0.1, 0.15) is 12.6 Å². The average Bonchev–Trinajstić information content (AvgIpc) is 3.15. The molecule has 2 N–H and O–H groups in total. The molecule has 0 amide bonds. The quantitative estimate of drug-likeness (QED) is 0.398. The third-order valence-corrected chi connectivity index (χ3v) is 6.17. The first-order valence-corrected chi connectivity index (χ1v) is 11.0. The molecule has 10 heteroatoms. The van der Waals surface area contributed by atoms with E-state index in [-0.39, 0.29) is 22.5 Å². The molecule has 2 aromatic carbocycles. The number of carboxylic acids is 1. The summed E-state index contributed by atoms with van der Waals surface area (Å²) in [5.74, 6) is -3.97. The monoisotopic (exact) mass is 491 g/mol. The SMILES string of the molecule is Cc1nn(-c2cc(F)ccc2F)c(NC2(C)C=CC=CC2C(=O)O)c1-c1cc(F)c2nccnc2c1. The molecule has 2 aromatic heterocycles. The molecule has 0 radical (unpaired) electrons. The maximum absolute atomic E-state index is 15.0. The Hall–Kier alpha value is -4.47. The summed E-state index contributed by atoms with van der Waals surface area (Å²) in [4.78, 5) is 20.2. The molecule has 4 aromatic rings. The number of aliphatic carboxylic acids is 1. The molecule has 0 aliphatic heterocycles. The number of rotatable bonds is 5. The van der Waals surface area contributed by atoms with Gasteiger partial charge in [0.1, 0.15) is 34.6 Å². The average molecular weight is 491 g/mol. The number of nitrogens with zero attached hydrogens (tertiary/aromatic N) is 4. The van der Waals surface area contributed by atoms with Crippen molar-refractivity contribution in [3.8, 4) is 16.8 Å². The van der Waals surface area contributed by atoms with Gasteiger partial charge in [-0.2, -0.15) is 5.10 Å². The second kappa shape index (κ2) is 8.63. The van der Waals surface area contributed by atoms with Crippen LogP contribution in [0.5, 0.6) is 0 Å². The lowest BCUT2D eigenvalue weighted by Crippen LogP contribution is -2.45. The van der Waals surface area contributed by atoms with Gasteiger partial charge in [-0.15, -0.1) is 0 Å². The van der Waals surface area contributed by atoms with Gasteiger partial charge in [-0.05, 0) is 43.7 Å². The van der Waals surface area contributed by atoms with E-state index in [2.05, 4.69) is 20.4 Å². The number of hydrogen-bond donors (Lipinski definition) is 2. The van der Waals surface area contributed by atoms with Gasteiger partial charge in [0, 0.05) is 24.0 Å². The maximum Gasteiger partial charge on any atom is 0.313 e. The molecule has 0 bridgehead atoms. The third-order valence-electron chi connectivity index (χ3n) is 6.17. The molecule has 0 fully saturated rings. The first-order valence-electron chi connectivity index (χ1n) is 11.0. The van der Waals surface area contributed by atoms with Crippen LogP contribution in [0.3, 0.4) is 0 Å². The van der Waals surface area contributed by atoms with Gasteiger partial charge < -0.3 is 10.4 Å². The van der Waals surface area contributed by atoms with E-state index in [0.717, 1.165) is 22.9 Å². The van der Waals surface area contributed by atoms with E-state index in [4.69, 9.17) is 0 Å². The highest BCUT2D eigenvalue weighted by Gasteiger charge is 2.39. The van der Waals surface area contributed by atoms with Crippen LogP contribution in [0, 0.1) is 30.3 Å². The van der Waals surface area contributed by atoms with Gasteiger partial charge in [-0.1, -0.05) is 24.3 Å². The maximum atomic E-state index is 15.0. The number of aryl methyl sites for hydroxylation is 1. The fraction of sp³-hybridized carbons (Fsp3) is 0.154. The Bertz CT molecular complexity index is 1580. The Morgan fingerprint density at radius 2 is 1.86 bits per heavy atom. The lowest BCUT2D eigenvalue weighted by Gasteiger charge is -2.35. The van der Waals surface area contributed by atoms with Crippen molar-refractivity contribution in [1.29, 1.82) is 0 Å². The van der Waals surface area contributed by atoms with Gasteiger partial charge >= 0.3 is 5.97 Å². The first-order chi connectivity index (χ1) is 17.2. The standard InChI is InChI=1S/C26H20F3N5O2/c1-14-22(15-11-19(29)23-20(12-15)30-9-10-31-23)24(32-26(2)8-4-3-5-17(26)25(35)36)34(33-14)21-13-16(27)6-7-18(21)28/h3-13,17,32H,1-2H3,(H,35,36). The van der Waals surface area contributed by atoms with Crippen molar-refractivity contribution in [2.45, 2.75) is 19.4 Å². The second-order valence-electron chi connectivity index (χ2n) is 8.67. The number of halogens is 3. The zero-order chi connectivity index (χ0) is 25.6. The molecule has 5 rings (SSSR count). The number of carboxylic acid groups (broad SMARTS) is 1. The third kappa shape index (κ3) is 3.90. The summed E-state index contributed by atoms with van der Waals surface area (Å²) in [6, 6.07) is 5.81. The van der Waals surface area contributed by atoms with Gasteiger partial charge in [0.25, 0.3) is 0 Å². The fourth-order valence-electron chi connectivity index (χ4n) is 4.43. The zero-order valence-electron chi connectivity index (χ0n) is 19.2. The molecule has 1 aliphatic rings. The molecule has 2 heterocycles. The topological polar surface area (TPSA) is 92.9 Å². The number of hydrogen-bond acceptors (Lipinski definition) is 5. The summed E-state index contributed by atoms with van der Waals surface area (Å²) in [5.41, 5.74) is 0.0902. The van der Waals surface area contributed by atoms with Crippen LogP contribution in [0.15, 0.2) is 67.0 Å². The number of fused-ring (bicyclic) bond motifs is 1. The van der Waals surface area contributed by atoms with Crippen LogP contribution in [0.25, 0.3) is 27.8 Å². The van der Waals surface area contributed by atoms with Crippen molar-refractivity contribution in [3.05, 3.63) is 90.2 Å². The van der Waals surface area contributed by atoms with Gasteiger partial charge in [0.05, 0.1) is 16.7 Å². The zero-order valence-corrected chi connectivity index (χ0v) is 19.2. The molecule has 1 aliphatic carbocycles. The number of allylic oxidation sites excluding steroid dienone is 2. The highest BCUT2D eigenvalue weighted by molar-refractivity contribution is 5.87. The smallest absolute Gasteiger partial charge is 0.313 e. The summed E-state index contributed by atoms with van der Waals surface area (Å²) in [6.07, 6.45) is 9.31. The summed E-state index contributed by atoms with van der Waals surface area (Å²) in [6.45, 7) is 3.30. The van der Waals surface area contributed by atoms with Crippen molar-refractivity contribution in [3.63, 3.8) is 0 Å². The van der Waals surface area contributed by atoms with E-state index >= 15 is 0 Å². The van der Waals surface area contributed by atoms with Gasteiger partial charge in [0.15, 0.2) is 5.82 Å². The molecule has 182 valence electrons. The Morgan fingerprint density at radius 1 is 1.08 bits per heavy atom. The summed E-state index contributed by atoms with van der Waals surface area (Å²) in [7, 11) is 0. The van der Waals surface area contributed by atoms with Crippen molar-refractivity contribution >= 4 is 22.8 Å². The number of carbonyl (C=O) groups is 1. The minimum Gasteiger partial charge on any atom is -0.481 e. The molecule has 0 saturated carbocycles. The van der Waals surface area contributed by atoms with Crippen molar-refractivity contribution in [2.24, 2.45) is 5.92 Å². The summed E-state index contributed by atoms with van der Waals surface area (Å²) < 4.78 is 45.2. The van der Waals surface area contributed by atoms with Crippen LogP contribution in [0.4, 0.5) is 19.0 Å². The largest absolute Gasteiger partial charge is 0.481 e. The molecule has 2 unspecified atom stereocenters. The summed E-state index contributed by atoms with van der Waals surface area (Å²) >= 11 is 0. The summed E-state index contributed by atoms with van der Waals surface area (Å²) in [5, 5.41) is 17.5. The number of aromatic nitrogens is 4. The van der Waals surface area contributed by atoms with Gasteiger partial charge in [0.2, 0.25) is 0 Å². The molecule has 0 spiro atoms. The van der Waals surface area contributed by atoms with E-state index < -0.39 is 34.9 Å². The first kappa shape index (κ1) is 23.3. The number of nitrogens with one attached hydrogen (secondary N) is 1. The molecular weight excluding hydrogens is 471 g/mol. The van der Waals surface area contributed by atoms with E-state index in [1.165, 1.54) is 24.5 Å². The van der Waals surface area contributed by atoms with Crippen LogP contribution in [-0.4, -0.2) is 36.4 Å². The number of anilines is 1. The predicted molar refractivity (Wildman–Crippen MR) is 128 cm³/mol. The Labute approximate surface area is 203 Å².